The molecule has 2 heterocycles. The van der Waals surface area contributed by atoms with Crippen molar-refractivity contribution in [2.45, 2.75) is 57.7 Å². The summed E-state index contributed by atoms with van der Waals surface area (Å²) in [5.74, 6) is -0.293. The number of aryl methyl sites for hydroxylation is 1. The molecule has 4 rings (SSSR count). The van der Waals surface area contributed by atoms with Gasteiger partial charge in [-0.05, 0) is 24.1 Å². The molecular formula is C31H41N7O5. The number of carbonyl (C=O) groups is 3. The topological polar surface area (TPSA) is 154 Å². The number of benzene rings is 2. The first-order chi connectivity index (χ1) is 20.9. The Balaban J connectivity index is 1.61. The van der Waals surface area contributed by atoms with Gasteiger partial charge in [-0.15, -0.1) is 5.10 Å². The summed E-state index contributed by atoms with van der Waals surface area (Å²) in [5, 5.41) is 14.3. The van der Waals surface area contributed by atoms with Crippen molar-refractivity contribution in [3.63, 3.8) is 0 Å². The standard InChI is InChI=1S/C31H41N7O5/c1-3-9-25(32)31(41)37-17-14-23-21-38(36-35-23)16-8-19-43-28-24(12-7-13-27(28)42-2)29(39)34-26(30(40)33-15-18-37)20-22-10-5-4-6-11-22/h4-7,10-13,21,25-26H,3,8-9,14-20,32H2,1-2H3,(H,33,40)(H,34,39)/t25-,26-/m0/s1. The third-order valence-electron chi connectivity index (χ3n) is 7.26. The Kier molecular flexibility index (Phi) is 11.5. The van der Waals surface area contributed by atoms with Crippen LogP contribution in [0.3, 0.4) is 0 Å². The number of amides is 3. The molecule has 0 saturated carbocycles. The van der Waals surface area contributed by atoms with Gasteiger partial charge in [-0.2, -0.15) is 0 Å². The van der Waals surface area contributed by atoms with Crippen LogP contribution >= 0.6 is 0 Å². The van der Waals surface area contributed by atoms with E-state index >= 15 is 0 Å². The van der Waals surface area contributed by atoms with Crippen molar-refractivity contribution in [3.8, 4) is 11.5 Å². The second-order valence-corrected chi connectivity index (χ2v) is 10.5. The maximum absolute atomic E-state index is 13.6. The fraction of sp³-hybridized carbons (Fsp3) is 0.452. The van der Waals surface area contributed by atoms with Gasteiger partial charge in [0.05, 0.1) is 31.0 Å². The monoisotopic (exact) mass is 591 g/mol. The SMILES string of the molecule is CCC[C@H](N)C(=O)N1CCNC(=O)[C@H](Cc2ccccc2)NC(=O)c2cccc(OC)c2OCCCn2cc(nn2)CC1. The van der Waals surface area contributed by atoms with Crippen molar-refractivity contribution in [1.82, 2.24) is 30.5 Å². The van der Waals surface area contributed by atoms with Crippen molar-refractivity contribution in [2.75, 3.05) is 33.4 Å². The van der Waals surface area contributed by atoms with Crippen molar-refractivity contribution >= 4 is 17.7 Å². The number of ether oxygens (including phenoxy) is 2. The summed E-state index contributed by atoms with van der Waals surface area (Å²) in [6, 6.07) is 13.0. The maximum atomic E-state index is 13.6. The molecule has 4 N–H and O–H groups in total. The second kappa shape index (κ2) is 15.7. The lowest BCUT2D eigenvalue weighted by Gasteiger charge is -2.26. The molecule has 3 aromatic rings. The Labute approximate surface area is 251 Å². The number of methoxy groups -OCH3 is 1. The molecule has 0 radical (unpaired) electrons. The smallest absolute Gasteiger partial charge is 0.255 e. The van der Waals surface area contributed by atoms with Crippen LogP contribution in [0.4, 0.5) is 0 Å². The van der Waals surface area contributed by atoms with E-state index in [0.717, 1.165) is 17.7 Å². The minimum absolute atomic E-state index is 0.175. The number of para-hydroxylation sites is 1. The molecule has 230 valence electrons. The van der Waals surface area contributed by atoms with E-state index in [1.165, 1.54) is 7.11 Å². The fourth-order valence-corrected chi connectivity index (χ4v) is 4.95. The molecule has 43 heavy (non-hydrogen) atoms. The number of rotatable bonds is 6. The zero-order chi connectivity index (χ0) is 30.6. The molecule has 1 aliphatic heterocycles. The summed E-state index contributed by atoms with van der Waals surface area (Å²) in [4.78, 5) is 41.9. The van der Waals surface area contributed by atoms with Crippen molar-refractivity contribution in [3.05, 3.63) is 71.5 Å². The Bertz CT molecular complexity index is 1360. The number of hydrogen-bond acceptors (Lipinski definition) is 8. The maximum Gasteiger partial charge on any atom is 0.255 e. The number of hydrogen-bond donors (Lipinski definition) is 3. The quantitative estimate of drug-likeness (QED) is 0.392. The van der Waals surface area contributed by atoms with E-state index < -0.39 is 18.0 Å². The van der Waals surface area contributed by atoms with E-state index in [-0.39, 0.29) is 36.9 Å². The summed E-state index contributed by atoms with van der Waals surface area (Å²) in [5.41, 5.74) is 8.07. The van der Waals surface area contributed by atoms with Gasteiger partial charge in [0, 0.05) is 51.6 Å². The highest BCUT2D eigenvalue weighted by atomic mass is 16.5. The molecule has 0 fully saturated rings. The molecule has 1 aliphatic rings. The number of nitrogens with zero attached hydrogens (tertiary/aromatic N) is 4. The van der Waals surface area contributed by atoms with E-state index in [2.05, 4.69) is 20.9 Å². The molecule has 2 atom stereocenters. The van der Waals surface area contributed by atoms with E-state index in [9.17, 15) is 14.4 Å². The van der Waals surface area contributed by atoms with Crippen LogP contribution in [0.1, 0.15) is 47.8 Å². The van der Waals surface area contributed by atoms with Crippen molar-refractivity contribution in [1.29, 1.82) is 0 Å². The van der Waals surface area contributed by atoms with E-state index in [0.29, 0.717) is 50.5 Å². The molecule has 2 bridgehead atoms. The summed E-state index contributed by atoms with van der Waals surface area (Å²) in [6.07, 6.45) is 4.56. The van der Waals surface area contributed by atoms with Gasteiger partial charge in [0.2, 0.25) is 11.8 Å². The number of carbonyl (C=O) groups excluding carboxylic acids is 3. The second-order valence-electron chi connectivity index (χ2n) is 10.5. The average molecular weight is 592 g/mol. The molecule has 12 heteroatoms. The predicted molar refractivity (Wildman–Crippen MR) is 161 cm³/mol. The Morgan fingerprint density at radius 2 is 1.95 bits per heavy atom. The van der Waals surface area contributed by atoms with E-state index in [1.54, 1.807) is 27.8 Å². The minimum atomic E-state index is -0.878. The lowest BCUT2D eigenvalue weighted by Crippen LogP contribution is -2.51. The molecular weight excluding hydrogens is 550 g/mol. The highest BCUT2D eigenvalue weighted by molar-refractivity contribution is 6.00. The van der Waals surface area contributed by atoms with Gasteiger partial charge in [-0.3, -0.25) is 19.1 Å². The zero-order valence-corrected chi connectivity index (χ0v) is 24.8. The lowest BCUT2D eigenvalue weighted by atomic mass is 10.0. The third-order valence-corrected chi connectivity index (χ3v) is 7.26. The number of nitrogens with one attached hydrogen (secondary N) is 2. The fourth-order valence-electron chi connectivity index (χ4n) is 4.95. The Hall–Kier alpha value is -4.45. The molecule has 2 aromatic carbocycles. The Morgan fingerprint density at radius 3 is 2.72 bits per heavy atom. The van der Waals surface area contributed by atoms with Gasteiger partial charge < -0.3 is 30.7 Å². The molecule has 12 nitrogen and oxygen atoms in total. The van der Waals surface area contributed by atoms with Gasteiger partial charge >= 0.3 is 0 Å². The molecule has 0 aliphatic carbocycles. The van der Waals surface area contributed by atoms with Crippen molar-refractivity contribution in [2.24, 2.45) is 5.73 Å². The largest absolute Gasteiger partial charge is 0.493 e. The molecule has 1 aromatic heterocycles. The first kappa shape index (κ1) is 31.5. The molecule has 0 unspecified atom stereocenters. The van der Waals surface area contributed by atoms with Crippen LogP contribution in [0.15, 0.2) is 54.7 Å². The van der Waals surface area contributed by atoms with Crippen LogP contribution in [0, 0.1) is 0 Å². The molecule has 0 spiro atoms. The van der Waals surface area contributed by atoms with Crippen molar-refractivity contribution < 1.29 is 23.9 Å². The molecule has 3 amide bonds. The summed E-state index contributed by atoms with van der Waals surface area (Å²) < 4.78 is 13.3. The zero-order valence-electron chi connectivity index (χ0n) is 24.8. The highest BCUT2D eigenvalue weighted by Crippen LogP contribution is 2.31. The average Bonchev–Trinajstić information content (AvgIpc) is 3.47. The molecule has 0 saturated heterocycles. The van der Waals surface area contributed by atoms with Crippen LogP contribution in [-0.4, -0.2) is 83.0 Å². The van der Waals surface area contributed by atoms with Gasteiger partial charge in [0.25, 0.3) is 5.91 Å². The Morgan fingerprint density at radius 1 is 1.14 bits per heavy atom. The van der Waals surface area contributed by atoms with Gasteiger partial charge in [-0.1, -0.05) is 55.0 Å². The minimum Gasteiger partial charge on any atom is -0.493 e. The predicted octanol–water partition coefficient (Wildman–Crippen LogP) is 1.73. The number of aromatic nitrogens is 3. The van der Waals surface area contributed by atoms with E-state index in [1.807, 2.05) is 43.5 Å². The first-order valence-corrected chi connectivity index (χ1v) is 14.7. The van der Waals surface area contributed by atoms with Crippen LogP contribution in [0.25, 0.3) is 0 Å². The number of fused-ring (bicyclic) bond motifs is 3. The highest BCUT2D eigenvalue weighted by Gasteiger charge is 2.26. The van der Waals surface area contributed by atoms with Gasteiger partial charge in [-0.25, -0.2) is 0 Å². The van der Waals surface area contributed by atoms with Gasteiger partial charge in [0.15, 0.2) is 11.5 Å². The van der Waals surface area contributed by atoms with Gasteiger partial charge in [0.1, 0.15) is 6.04 Å². The summed E-state index contributed by atoms with van der Waals surface area (Å²) in [7, 11) is 1.51. The number of nitrogens with two attached hydrogens (primary N) is 1. The van der Waals surface area contributed by atoms with E-state index in [4.69, 9.17) is 15.2 Å². The van der Waals surface area contributed by atoms with Crippen LogP contribution in [0.2, 0.25) is 0 Å². The summed E-state index contributed by atoms with van der Waals surface area (Å²) in [6.45, 7) is 3.65. The lowest BCUT2D eigenvalue weighted by molar-refractivity contribution is -0.133. The normalized spacial score (nSPS) is 17.7. The van der Waals surface area contributed by atoms with Crippen LogP contribution < -0.4 is 25.8 Å². The summed E-state index contributed by atoms with van der Waals surface area (Å²) >= 11 is 0. The van der Waals surface area contributed by atoms with Crippen LogP contribution in [0.5, 0.6) is 11.5 Å². The first-order valence-electron chi connectivity index (χ1n) is 14.7. The van der Waals surface area contributed by atoms with Crippen LogP contribution in [-0.2, 0) is 29.0 Å². The third kappa shape index (κ3) is 8.77.